The van der Waals surface area contributed by atoms with E-state index in [0.717, 1.165) is 11.8 Å². The summed E-state index contributed by atoms with van der Waals surface area (Å²) in [5.41, 5.74) is 5.91. The van der Waals surface area contributed by atoms with Gasteiger partial charge >= 0.3 is 11.9 Å². The number of amides is 1. The van der Waals surface area contributed by atoms with E-state index in [-0.39, 0.29) is 12.3 Å². The number of aromatic nitrogens is 3. The van der Waals surface area contributed by atoms with Gasteiger partial charge in [-0.25, -0.2) is 4.68 Å². The van der Waals surface area contributed by atoms with Crippen LogP contribution in [0.15, 0.2) is 6.20 Å². The molecule has 20 heteroatoms. The largest absolute Gasteiger partial charge is 0.481 e. The Labute approximate surface area is 297 Å². The summed E-state index contributed by atoms with van der Waals surface area (Å²) in [6.07, 6.45) is 1.16. The van der Waals surface area contributed by atoms with Crippen molar-refractivity contribution in [3.63, 3.8) is 0 Å². The first-order chi connectivity index (χ1) is 24.3. The average molecular weight is 742 g/mol. The Bertz CT molecular complexity index is 996. The Morgan fingerprint density at radius 1 is 0.740 bits per heavy atom. The molecular weight excluding hydrogens is 686 g/mol. The summed E-state index contributed by atoms with van der Waals surface area (Å²) in [4.78, 5) is 34.4. The summed E-state index contributed by atoms with van der Waals surface area (Å²) in [5.74, 6) is -3.08. The molecule has 0 radical (unpaired) electrons. The molecule has 0 aliphatic heterocycles. The number of rotatable bonds is 37. The number of nitrogens with zero attached hydrogens (tertiary/aromatic N) is 3. The van der Waals surface area contributed by atoms with Gasteiger partial charge in [0.05, 0.1) is 143 Å². The molecule has 0 spiro atoms. The second-order valence-corrected chi connectivity index (χ2v) is 11.4. The van der Waals surface area contributed by atoms with Crippen molar-refractivity contribution in [3.8, 4) is 0 Å². The Morgan fingerprint density at radius 2 is 1.16 bits per heavy atom. The number of carbonyl (C=O) groups is 3. The SMILES string of the molecule is CCOCCOCCOCCOCCOCCOCCOCCOCCOCCn1cc(CNC(=O)C(CC(=O)O)SCC(N)C(=O)O)nn1. The molecule has 0 aliphatic rings. The van der Waals surface area contributed by atoms with Crippen LogP contribution < -0.4 is 11.1 Å². The average Bonchev–Trinajstić information content (AvgIpc) is 3.55. The van der Waals surface area contributed by atoms with Gasteiger partial charge in [0.2, 0.25) is 5.91 Å². The topological polar surface area (TPSA) is 244 Å². The minimum atomic E-state index is -1.23. The first kappa shape index (κ1) is 45.5. The zero-order valence-corrected chi connectivity index (χ0v) is 29.7. The monoisotopic (exact) mass is 741 g/mol. The van der Waals surface area contributed by atoms with Gasteiger partial charge in [-0.1, -0.05) is 5.21 Å². The minimum absolute atomic E-state index is 0.0271. The molecule has 50 heavy (non-hydrogen) atoms. The number of hydrogen-bond acceptors (Lipinski definition) is 16. The van der Waals surface area contributed by atoms with Crippen molar-refractivity contribution in [1.29, 1.82) is 0 Å². The van der Waals surface area contributed by atoms with Gasteiger partial charge in [-0.15, -0.1) is 16.9 Å². The van der Waals surface area contributed by atoms with Crippen LogP contribution >= 0.6 is 11.8 Å². The molecule has 290 valence electrons. The van der Waals surface area contributed by atoms with Crippen LogP contribution in [0.25, 0.3) is 0 Å². The molecule has 1 amide bonds. The van der Waals surface area contributed by atoms with Gasteiger partial charge in [0.1, 0.15) is 11.7 Å². The third kappa shape index (κ3) is 27.3. The van der Waals surface area contributed by atoms with Gasteiger partial charge in [0.15, 0.2) is 0 Å². The number of hydrogen-bond donors (Lipinski definition) is 4. The second-order valence-electron chi connectivity index (χ2n) is 10.2. The fourth-order valence-electron chi connectivity index (χ4n) is 3.56. The molecule has 5 N–H and O–H groups in total. The van der Waals surface area contributed by atoms with E-state index < -0.39 is 35.6 Å². The lowest BCUT2D eigenvalue weighted by Crippen LogP contribution is -2.37. The maximum atomic E-state index is 12.4. The van der Waals surface area contributed by atoms with E-state index in [1.807, 2.05) is 6.92 Å². The number of aliphatic carboxylic acids is 2. The van der Waals surface area contributed by atoms with E-state index in [0.29, 0.717) is 131 Å². The van der Waals surface area contributed by atoms with Gasteiger partial charge in [0, 0.05) is 12.4 Å². The van der Waals surface area contributed by atoms with Crippen LogP contribution in [0.4, 0.5) is 0 Å². The molecule has 2 atom stereocenters. The van der Waals surface area contributed by atoms with Gasteiger partial charge in [-0.05, 0) is 6.92 Å². The van der Waals surface area contributed by atoms with Crippen molar-refractivity contribution in [2.75, 3.05) is 125 Å². The van der Waals surface area contributed by atoms with Crippen LogP contribution in [0.5, 0.6) is 0 Å². The number of carbonyl (C=O) groups excluding carboxylic acids is 1. The molecule has 2 unspecified atom stereocenters. The lowest BCUT2D eigenvalue weighted by atomic mass is 10.3. The molecule has 0 bridgehead atoms. The van der Waals surface area contributed by atoms with Crippen molar-refractivity contribution >= 4 is 29.6 Å². The number of carboxylic acid groups (broad SMARTS) is 2. The van der Waals surface area contributed by atoms with Crippen molar-refractivity contribution in [3.05, 3.63) is 11.9 Å². The van der Waals surface area contributed by atoms with Crippen molar-refractivity contribution < 1.29 is 67.2 Å². The number of nitrogens with one attached hydrogen (secondary N) is 1. The molecule has 0 saturated heterocycles. The van der Waals surface area contributed by atoms with Crippen LogP contribution in [0, 0.1) is 0 Å². The highest BCUT2D eigenvalue weighted by Crippen LogP contribution is 2.16. The summed E-state index contributed by atoms with van der Waals surface area (Å²) in [6, 6.07) is -1.21. The predicted molar refractivity (Wildman–Crippen MR) is 179 cm³/mol. The van der Waals surface area contributed by atoms with Gasteiger partial charge in [-0.3, -0.25) is 14.4 Å². The Balaban J connectivity index is 1.89. The molecule has 1 aromatic rings. The molecular formula is C30H55N5O14S. The van der Waals surface area contributed by atoms with Crippen LogP contribution in [0.2, 0.25) is 0 Å². The molecule has 0 aromatic carbocycles. The summed E-state index contributed by atoms with van der Waals surface area (Å²) in [5, 5.41) is 27.5. The fraction of sp³-hybridized carbons (Fsp3) is 0.833. The third-order valence-corrected chi connectivity index (χ3v) is 7.46. The zero-order chi connectivity index (χ0) is 36.5. The van der Waals surface area contributed by atoms with Gasteiger partial charge in [0.25, 0.3) is 0 Å². The highest BCUT2D eigenvalue weighted by atomic mass is 32.2. The van der Waals surface area contributed by atoms with Crippen LogP contribution in [0.3, 0.4) is 0 Å². The molecule has 1 rings (SSSR count). The third-order valence-electron chi connectivity index (χ3n) is 6.12. The number of thioether (sulfide) groups is 1. The Hall–Kier alpha value is -2.50. The highest BCUT2D eigenvalue weighted by molar-refractivity contribution is 8.00. The summed E-state index contributed by atoms with van der Waals surface area (Å²) >= 11 is 0.875. The van der Waals surface area contributed by atoms with Crippen LogP contribution in [0.1, 0.15) is 19.0 Å². The predicted octanol–water partition coefficient (Wildman–Crippen LogP) is -0.948. The van der Waals surface area contributed by atoms with E-state index >= 15 is 0 Å². The van der Waals surface area contributed by atoms with Gasteiger partial charge in [-0.2, -0.15) is 0 Å². The first-order valence-corrected chi connectivity index (χ1v) is 17.6. The maximum absolute atomic E-state index is 12.4. The second kappa shape index (κ2) is 32.4. The standard InChI is InChI=1S/C30H55N5O14S/c1-2-41-5-6-43-9-10-45-13-14-47-17-18-49-20-19-48-16-15-46-12-11-44-8-7-42-4-3-35-23-25(33-34-35)22-32-29(38)27(21-28(36)37)50-24-26(31)30(39)40/h23,26-27H,2-22,24,31H2,1H3,(H,32,38)(H,36,37)(H,39,40). The quantitative estimate of drug-likeness (QED) is 0.0601. The van der Waals surface area contributed by atoms with Gasteiger partial charge < -0.3 is 63.9 Å². The molecule has 0 fully saturated rings. The van der Waals surface area contributed by atoms with E-state index in [2.05, 4.69) is 15.6 Å². The molecule has 0 aliphatic carbocycles. The summed E-state index contributed by atoms with van der Waals surface area (Å²) in [6.45, 7) is 11.2. The molecule has 0 saturated carbocycles. The number of ether oxygens (including phenoxy) is 9. The molecule has 1 heterocycles. The van der Waals surface area contributed by atoms with Crippen LogP contribution in [-0.2, 0) is 70.1 Å². The van der Waals surface area contributed by atoms with E-state index in [1.165, 1.54) is 0 Å². The Kier molecular flexibility index (Phi) is 29.5. The number of nitrogens with two attached hydrogens (primary N) is 1. The van der Waals surface area contributed by atoms with Crippen molar-refractivity contribution in [2.24, 2.45) is 5.73 Å². The van der Waals surface area contributed by atoms with E-state index in [4.69, 9.17) is 58.6 Å². The van der Waals surface area contributed by atoms with Crippen molar-refractivity contribution in [1.82, 2.24) is 20.3 Å². The summed E-state index contributed by atoms with van der Waals surface area (Å²) < 4.78 is 50.3. The minimum Gasteiger partial charge on any atom is -0.481 e. The molecule has 19 nitrogen and oxygen atoms in total. The van der Waals surface area contributed by atoms with Crippen LogP contribution in [-0.4, -0.2) is 179 Å². The normalized spacial score (nSPS) is 12.6. The zero-order valence-electron chi connectivity index (χ0n) is 28.9. The summed E-state index contributed by atoms with van der Waals surface area (Å²) in [7, 11) is 0. The lowest BCUT2D eigenvalue weighted by molar-refractivity contribution is -0.138. The maximum Gasteiger partial charge on any atom is 0.321 e. The van der Waals surface area contributed by atoms with Crippen molar-refractivity contribution in [2.45, 2.75) is 37.7 Å². The fourth-order valence-corrected chi connectivity index (χ4v) is 4.64. The smallest absolute Gasteiger partial charge is 0.321 e. The number of carboxylic acids is 2. The highest BCUT2D eigenvalue weighted by Gasteiger charge is 2.24. The van der Waals surface area contributed by atoms with E-state index in [9.17, 15) is 14.4 Å². The lowest BCUT2D eigenvalue weighted by Gasteiger charge is -2.15. The Morgan fingerprint density at radius 3 is 1.56 bits per heavy atom. The first-order valence-electron chi connectivity index (χ1n) is 16.5. The molecule has 1 aromatic heterocycles. The van der Waals surface area contributed by atoms with E-state index in [1.54, 1.807) is 10.9 Å².